The molecule has 1 rings (SSSR count). The molecular weight excluding hydrogens is 224 g/mol. The molecule has 16 heavy (non-hydrogen) atoms. The van der Waals surface area contributed by atoms with Crippen LogP contribution in [0.5, 0.6) is 0 Å². The maximum absolute atomic E-state index is 11.2. The Morgan fingerprint density at radius 2 is 2.19 bits per heavy atom. The molecule has 1 aliphatic rings. The molecule has 0 fully saturated rings. The van der Waals surface area contributed by atoms with Gasteiger partial charge in [-0.25, -0.2) is 8.42 Å². The van der Waals surface area contributed by atoms with Gasteiger partial charge in [-0.15, -0.1) is 0 Å². The van der Waals surface area contributed by atoms with Gasteiger partial charge >= 0.3 is 0 Å². The standard InChI is InChI=1S/C12H22O3S/c1-3-5-6-11(4-2)9-15-12-7-8-16(13,14)10-12/h7-8,11-12H,3-6,9-10H2,1-2H3. The highest BCUT2D eigenvalue weighted by molar-refractivity contribution is 7.94. The fraction of sp³-hybridized carbons (Fsp3) is 0.833. The predicted molar refractivity (Wildman–Crippen MR) is 66.0 cm³/mol. The lowest BCUT2D eigenvalue weighted by Crippen LogP contribution is -2.19. The molecule has 0 bridgehead atoms. The van der Waals surface area contributed by atoms with E-state index in [4.69, 9.17) is 4.74 Å². The molecule has 0 aliphatic carbocycles. The topological polar surface area (TPSA) is 43.4 Å². The van der Waals surface area contributed by atoms with E-state index in [9.17, 15) is 8.42 Å². The van der Waals surface area contributed by atoms with E-state index >= 15 is 0 Å². The lowest BCUT2D eigenvalue weighted by molar-refractivity contribution is 0.0660. The van der Waals surface area contributed by atoms with Gasteiger partial charge in [0.2, 0.25) is 0 Å². The SMILES string of the molecule is CCCCC(CC)COC1C=CS(=O)(=O)C1. The number of unbranched alkanes of at least 4 members (excludes halogenated alkanes) is 1. The summed E-state index contributed by atoms with van der Waals surface area (Å²) in [6, 6.07) is 0. The Morgan fingerprint density at radius 3 is 2.69 bits per heavy atom. The van der Waals surface area contributed by atoms with Crippen molar-refractivity contribution in [1.29, 1.82) is 0 Å². The maximum atomic E-state index is 11.2. The third-order valence-electron chi connectivity index (χ3n) is 2.99. The maximum Gasteiger partial charge on any atom is 0.174 e. The van der Waals surface area contributed by atoms with E-state index in [0.717, 1.165) is 6.42 Å². The van der Waals surface area contributed by atoms with E-state index in [1.165, 1.54) is 24.7 Å². The van der Waals surface area contributed by atoms with E-state index < -0.39 is 9.84 Å². The van der Waals surface area contributed by atoms with Crippen LogP contribution < -0.4 is 0 Å². The van der Waals surface area contributed by atoms with E-state index in [1.807, 2.05) is 0 Å². The lowest BCUT2D eigenvalue weighted by Gasteiger charge is -2.17. The molecular formula is C12H22O3S. The third-order valence-corrected chi connectivity index (χ3v) is 4.35. The first-order valence-corrected chi connectivity index (χ1v) is 7.81. The van der Waals surface area contributed by atoms with Crippen molar-refractivity contribution in [2.24, 2.45) is 5.92 Å². The first-order chi connectivity index (χ1) is 7.57. The van der Waals surface area contributed by atoms with Crippen LogP contribution in [0.25, 0.3) is 0 Å². The monoisotopic (exact) mass is 246 g/mol. The smallest absolute Gasteiger partial charge is 0.174 e. The minimum Gasteiger partial charge on any atom is -0.373 e. The zero-order valence-electron chi connectivity index (χ0n) is 10.2. The van der Waals surface area contributed by atoms with Crippen molar-refractivity contribution in [3.63, 3.8) is 0 Å². The second-order valence-corrected chi connectivity index (χ2v) is 6.38. The van der Waals surface area contributed by atoms with Crippen LogP contribution in [0.1, 0.15) is 39.5 Å². The molecule has 0 saturated heterocycles. The summed E-state index contributed by atoms with van der Waals surface area (Å²) in [7, 11) is -2.97. The summed E-state index contributed by atoms with van der Waals surface area (Å²) < 4.78 is 27.9. The first-order valence-electron chi connectivity index (χ1n) is 6.10. The second-order valence-electron chi connectivity index (χ2n) is 4.45. The highest BCUT2D eigenvalue weighted by Gasteiger charge is 2.22. The molecule has 1 heterocycles. The Bertz CT molecular complexity index is 319. The van der Waals surface area contributed by atoms with Crippen LogP contribution in [0.15, 0.2) is 11.5 Å². The van der Waals surface area contributed by atoms with E-state index in [2.05, 4.69) is 13.8 Å². The van der Waals surface area contributed by atoms with Crippen molar-refractivity contribution in [2.45, 2.75) is 45.6 Å². The Hall–Kier alpha value is -0.350. The molecule has 1 aliphatic heterocycles. The summed E-state index contributed by atoms with van der Waals surface area (Å²) in [5.74, 6) is 0.689. The van der Waals surface area contributed by atoms with Gasteiger partial charge in [-0.1, -0.05) is 33.1 Å². The quantitative estimate of drug-likeness (QED) is 0.693. The highest BCUT2D eigenvalue weighted by atomic mass is 32.2. The number of hydrogen-bond acceptors (Lipinski definition) is 3. The number of ether oxygens (including phenoxy) is 1. The molecule has 0 N–H and O–H groups in total. The molecule has 0 saturated carbocycles. The van der Waals surface area contributed by atoms with Gasteiger partial charge in [-0.3, -0.25) is 0 Å². The molecule has 94 valence electrons. The van der Waals surface area contributed by atoms with Gasteiger partial charge in [0, 0.05) is 5.41 Å². The van der Waals surface area contributed by atoms with Crippen molar-refractivity contribution >= 4 is 9.84 Å². The number of hydrogen-bond donors (Lipinski definition) is 0. The van der Waals surface area contributed by atoms with Gasteiger partial charge in [0.05, 0.1) is 18.5 Å². The third kappa shape index (κ3) is 4.66. The fourth-order valence-electron chi connectivity index (χ4n) is 1.81. The largest absolute Gasteiger partial charge is 0.373 e. The summed E-state index contributed by atoms with van der Waals surface area (Å²) in [4.78, 5) is 0. The van der Waals surface area contributed by atoms with Gasteiger partial charge in [-0.2, -0.15) is 0 Å². The molecule has 2 unspecified atom stereocenters. The summed E-state index contributed by atoms with van der Waals surface area (Å²) in [5.41, 5.74) is 0. The zero-order valence-corrected chi connectivity index (χ0v) is 11.0. The van der Waals surface area contributed by atoms with Gasteiger partial charge in [0.15, 0.2) is 9.84 Å². The normalized spacial score (nSPS) is 24.8. The van der Waals surface area contributed by atoms with Gasteiger partial charge in [0.1, 0.15) is 0 Å². The lowest BCUT2D eigenvalue weighted by atomic mass is 10.0. The van der Waals surface area contributed by atoms with Crippen LogP contribution in [-0.4, -0.2) is 26.9 Å². The molecule has 0 aromatic heterocycles. The zero-order chi connectivity index (χ0) is 12.0. The van der Waals surface area contributed by atoms with Gasteiger partial charge < -0.3 is 4.74 Å². The van der Waals surface area contributed by atoms with E-state index in [0.29, 0.717) is 12.5 Å². The van der Waals surface area contributed by atoms with Crippen molar-refractivity contribution in [2.75, 3.05) is 12.4 Å². The number of rotatable bonds is 7. The van der Waals surface area contributed by atoms with E-state index in [-0.39, 0.29) is 11.9 Å². The fourth-order valence-corrected chi connectivity index (χ4v) is 3.00. The summed E-state index contributed by atoms with van der Waals surface area (Å²) in [5, 5.41) is 1.27. The summed E-state index contributed by atoms with van der Waals surface area (Å²) in [6.07, 6.45) is 6.14. The predicted octanol–water partition coefficient (Wildman–Crippen LogP) is 2.53. The molecule has 2 atom stereocenters. The van der Waals surface area contributed by atoms with Gasteiger partial charge in [0.25, 0.3) is 0 Å². The molecule has 0 radical (unpaired) electrons. The Labute approximate surface area is 98.8 Å². The van der Waals surface area contributed by atoms with Crippen LogP contribution in [0, 0.1) is 5.92 Å². The molecule has 0 aromatic rings. The Balaban J connectivity index is 2.26. The van der Waals surface area contributed by atoms with Crippen molar-refractivity contribution in [3.05, 3.63) is 11.5 Å². The Kier molecular flexibility index (Phi) is 5.49. The van der Waals surface area contributed by atoms with Crippen LogP contribution in [0.4, 0.5) is 0 Å². The molecule has 0 aromatic carbocycles. The number of sulfone groups is 1. The average Bonchev–Trinajstić information content (AvgIpc) is 2.59. The van der Waals surface area contributed by atoms with Crippen LogP contribution >= 0.6 is 0 Å². The minimum absolute atomic E-state index is 0.122. The highest BCUT2D eigenvalue weighted by Crippen LogP contribution is 2.17. The van der Waals surface area contributed by atoms with Crippen molar-refractivity contribution in [3.8, 4) is 0 Å². The van der Waals surface area contributed by atoms with Crippen LogP contribution in [0.3, 0.4) is 0 Å². The minimum atomic E-state index is -2.97. The van der Waals surface area contributed by atoms with Crippen LogP contribution in [0.2, 0.25) is 0 Å². The molecule has 0 amide bonds. The van der Waals surface area contributed by atoms with Crippen molar-refractivity contribution in [1.82, 2.24) is 0 Å². The summed E-state index contributed by atoms with van der Waals surface area (Å²) in [6.45, 7) is 5.02. The Morgan fingerprint density at radius 1 is 1.44 bits per heavy atom. The molecule has 0 spiro atoms. The second kappa shape index (κ2) is 6.40. The first kappa shape index (κ1) is 13.7. The summed E-state index contributed by atoms with van der Waals surface area (Å²) >= 11 is 0. The van der Waals surface area contributed by atoms with Crippen LogP contribution in [-0.2, 0) is 14.6 Å². The van der Waals surface area contributed by atoms with Crippen molar-refractivity contribution < 1.29 is 13.2 Å². The average molecular weight is 246 g/mol. The van der Waals surface area contributed by atoms with Gasteiger partial charge in [-0.05, 0) is 18.4 Å². The molecule has 4 heteroatoms. The molecule has 3 nitrogen and oxygen atoms in total. The van der Waals surface area contributed by atoms with E-state index in [1.54, 1.807) is 6.08 Å².